The van der Waals surface area contributed by atoms with Gasteiger partial charge in [0.2, 0.25) is 10.0 Å². The van der Waals surface area contributed by atoms with Crippen LogP contribution in [-0.2, 0) is 29.1 Å². The second kappa shape index (κ2) is 8.01. The molecular weight excluding hydrogens is 266 g/mol. The molecular formula is C9H17NO7S. The third-order valence-corrected chi connectivity index (χ3v) is 3.55. The summed E-state index contributed by atoms with van der Waals surface area (Å²) in [6.07, 6.45) is 0. The number of aliphatic carboxylic acids is 1. The van der Waals surface area contributed by atoms with E-state index in [0.29, 0.717) is 4.31 Å². The molecule has 0 saturated carbocycles. The molecule has 0 saturated heterocycles. The summed E-state index contributed by atoms with van der Waals surface area (Å²) in [5, 5.41) is 8.62. The van der Waals surface area contributed by atoms with E-state index in [0.717, 1.165) is 0 Å². The van der Waals surface area contributed by atoms with Gasteiger partial charge in [0.25, 0.3) is 0 Å². The number of ether oxygens (including phenoxy) is 2. The number of carboxylic acid groups (broad SMARTS) is 1. The molecule has 0 heterocycles. The van der Waals surface area contributed by atoms with Gasteiger partial charge in [0.05, 0.1) is 13.2 Å². The highest BCUT2D eigenvalue weighted by Crippen LogP contribution is 2.02. The molecule has 0 aromatic heterocycles. The number of esters is 1. The van der Waals surface area contributed by atoms with Crippen LogP contribution in [-0.4, -0.2) is 68.9 Å². The SMILES string of the molecule is CCOC(=O)CS(=O)(=O)N(CCOC)CC(=O)O. The first-order valence-corrected chi connectivity index (χ1v) is 6.78. The molecule has 106 valence electrons. The van der Waals surface area contributed by atoms with Gasteiger partial charge in [-0.25, -0.2) is 8.42 Å². The Labute approximate surface area is 106 Å². The number of hydrogen-bond donors (Lipinski definition) is 1. The molecule has 0 bridgehead atoms. The van der Waals surface area contributed by atoms with Gasteiger partial charge in [-0.05, 0) is 6.92 Å². The summed E-state index contributed by atoms with van der Waals surface area (Å²) in [5.41, 5.74) is 0. The number of carbonyl (C=O) groups is 2. The highest BCUT2D eigenvalue weighted by molar-refractivity contribution is 7.89. The third kappa shape index (κ3) is 6.52. The van der Waals surface area contributed by atoms with Crippen LogP contribution >= 0.6 is 0 Å². The summed E-state index contributed by atoms with van der Waals surface area (Å²) < 4.78 is 33.4. The lowest BCUT2D eigenvalue weighted by Crippen LogP contribution is -2.41. The molecule has 0 fully saturated rings. The van der Waals surface area contributed by atoms with Gasteiger partial charge in [0.1, 0.15) is 6.54 Å². The van der Waals surface area contributed by atoms with E-state index in [-0.39, 0.29) is 19.8 Å². The van der Waals surface area contributed by atoms with Crippen molar-refractivity contribution in [1.82, 2.24) is 4.31 Å². The third-order valence-electron chi connectivity index (χ3n) is 1.86. The number of rotatable bonds is 9. The molecule has 0 aliphatic heterocycles. The zero-order chi connectivity index (χ0) is 14.2. The fourth-order valence-electron chi connectivity index (χ4n) is 1.10. The van der Waals surface area contributed by atoms with E-state index in [9.17, 15) is 18.0 Å². The van der Waals surface area contributed by atoms with Crippen molar-refractivity contribution in [3.63, 3.8) is 0 Å². The predicted molar refractivity (Wildman–Crippen MR) is 61.5 cm³/mol. The van der Waals surface area contributed by atoms with Gasteiger partial charge in [0, 0.05) is 13.7 Å². The van der Waals surface area contributed by atoms with Gasteiger partial charge in [-0.15, -0.1) is 0 Å². The molecule has 18 heavy (non-hydrogen) atoms. The zero-order valence-electron chi connectivity index (χ0n) is 10.3. The molecule has 0 unspecified atom stereocenters. The van der Waals surface area contributed by atoms with Crippen LogP contribution in [0.2, 0.25) is 0 Å². The summed E-state index contributed by atoms with van der Waals surface area (Å²) in [4.78, 5) is 21.7. The Hall–Kier alpha value is -1.19. The Morgan fingerprint density at radius 3 is 2.39 bits per heavy atom. The van der Waals surface area contributed by atoms with Crippen LogP contribution in [0.3, 0.4) is 0 Å². The van der Waals surface area contributed by atoms with Crippen molar-refractivity contribution in [2.45, 2.75) is 6.92 Å². The molecule has 8 nitrogen and oxygen atoms in total. The Balaban J connectivity index is 4.73. The van der Waals surface area contributed by atoms with Crippen molar-refractivity contribution in [3.8, 4) is 0 Å². The topological polar surface area (TPSA) is 110 Å². The number of sulfonamides is 1. The number of hydrogen-bond acceptors (Lipinski definition) is 6. The van der Waals surface area contributed by atoms with Crippen LogP contribution in [0.15, 0.2) is 0 Å². The van der Waals surface area contributed by atoms with Crippen LogP contribution in [0.4, 0.5) is 0 Å². The lowest BCUT2D eigenvalue weighted by molar-refractivity contribution is -0.140. The normalized spacial score (nSPS) is 11.5. The Morgan fingerprint density at radius 1 is 1.33 bits per heavy atom. The molecule has 0 spiro atoms. The van der Waals surface area contributed by atoms with E-state index in [4.69, 9.17) is 5.11 Å². The van der Waals surface area contributed by atoms with Crippen molar-refractivity contribution in [2.75, 3.05) is 39.2 Å². The molecule has 0 atom stereocenters. The van der Waals surface area contributed by atoms with Crippen LogP contribution < -0.4 is 0 Å². The molecule has 0 aromatic carbocycles. The summed E-state index contributed by atoms with van der Waals surface area (Å²) in [6.45, 7) is 0.792. The van der Waals surface area contributed by atoms with Crippen molar-refractivity contribution >= 4 is 22.0 Å². The Kier molecular flexibility index (Phi) is 7.48. The van der Waals surface area contributed by atoms with Gasteiger partial charge in [0.15, 0.2) is 5.75 Å². The Bertz CT molecular complexity index is 378. The summed E-state index contributed by atoms with van der Waals surface area (Å²) in [7, 11) is -2.66. The number of methoxy groups -OCH3 is 1. The van der Waals surface area contributed by atoms with E-state index < -0.39 is 34.3 Å². The zero-order valence-corrected chi connectivity index (χ0v) is 11.1. The van der Waals surface area contributed by atoms with Crippen molar-refractivity contribution in [2.24, 2.45) is 0 Å². The highest BCUT2D eigenvalue weighted by atomic mass is 32.2. The Morgan fingerprint density at radius 2 is 1.94 bits per heavy atom. The largest absolute Gasteiger partial charge is 0.480 e. The highest BCUT2D eigenvalue weighted by Gasteiger charge is 2.27. The van der Waals surface area contributed by atoms with E-state index in [2.05, 4.69) is 9.47 Å². The fraction of sp³-hybridized carbons (Fsp3) is 0.778. The first-order valence-electron chi connectivity index (χ1n) is 5.17. The molecule has 9 heteroatoms. The van der Waals surface area contributed by atoms with Crippen LogP contribution in [0.1, 0.15) is 6.92 Å². The first kappa shape index (κ1) is 16.8. The van der Waals surface area contributed by atoms with Gasteiger partial charge in [-0.3, -0.25) is 9.59 Å². The molecule has 0 amide bonds. The van der Waals surface area contributed by atoms with Gasteiger partial charge >= 0.3 is 11.9 Å². The minimum absolute atomic E-state index is 0.0370. The van der Waals surface area contributed by atoms with Crippen LogP contribution in [0.25, 0.3) is 0 Å². The van der Waals surface area contributed by atoms with Crippen LogP contribution in [0.5, 0.6) is 0 Å². The van der Waals surface area contributed by atoms with E-state index >= 15 is 0 Å². The van der Waals surface area contributed by atoms with Crippen LogP contribution in [0, 0.1) is 0 Å². The smallest absolute Gasteiger partial charge is 0.322 e. The van der Waals surface area contributed by atoms with E-state index in [1.54, 1.807) is 6.92 Å². The van der Waals surface area contributed by atoms with Gasteiger partial charge in [-0.2, -0.15) is 4.31 Å². The lowest BCUT2D eigenvalue weighted by atomic mass is 10.6. The van der Waals surface area contributed by atoms with Crippen molar-refractivity contribution in [3.05, 3.63) is 0 Å². The number of carboxylic acids is 1. The molecule has 0 aromatic rings. The average Bonchev–Trinajstić information content (AvgIpc) is 2.23. The molecule has 0 radical (unpaired) electrons. The second-order valence-corrected chi connectivity index (χ2v) is 5.25. The minimum atomic E-state index is -4.01. The van der Waals surface area contributed by atoms with Gasteiger partial charge in [-0.1, -0.05) is 0 Å². The lowest BCUT2D eigenvalue weighted by Gasteiger charge is -2.19. The molecule has 1 N–H and O–H groups in total. The maximum Gasteiger partial charge on any atom is 0.322 e. The van der Waals surface area contributed by atoms with Gasteiger partial charge < -0.3 is 14.6 Å². The quantitative estimate of drug-likeness (QED) is 0.535. The molecule has 0 rings (SSSR count). The van der Waals surface area contributed by atoms with E-state index in [1.807, 2.05) is 0 Å². The maximum absolute atomic E-state index is 11.8. The summed E-state index contributed by atoms with van der Waals surface area (Å²) in [5.74, 6) is -3.10. The summed E-state index contributed by atoms with van der Waals surface area (Å²) in [6, 6.07) is 0. The standard InChI is InChI=1S/C9H17NO7S/c1-3-17-9(13)7-18(14,15)10(4-5-16-2)6-8(11)12/h3-7H2,1-2H3,(H,11,12). The first-order chi connectivity index (χ1) is 8.33. The molecule has 0 aliphatic carbocycles. The monoisotopic (exact) mass is 283 g/mol. The minimum Gasteiger partial charge on any atom is -0.480 e. The van der Waals surface area contributed by atoms with Crippen molar-refractivity contribution < 1.29 is 32.6 Å². The second-order valence-electron chi connectivity index (χ2n) is 3.28. The number of carbonyl (C=O) groups excluding carboxylic acids is 1. The fourth-order valence-corrected chi connectivity index (χ4v) is 2.33. The van der Waals surface area contributed by atoms with E-state index in [1.165, 1.54) is 7.11 Å². The number of nitrogens with zero attached hydrogens (tertiary/aromatic N) is 1. The summed E-state index contributed by atoms with van der Waals surface area (Å²) >= 11 is 0. The molecule has 0 aliphatic rings. The average molecular weight is 283 g/mol. The maximum atomic E-state index is 11.8. The predicted octanol–water partition coefficient (Wildman–Crippen LogP) is -1.09. The van der Waals surface area contributed by atoms with Crippen molar-refractivity contribution in [1.29, 1.82) is 0 Å².